The number of ether oxygens (including phenoxy) is 1. The van der Waals surface area contributed by atoms with Crippen LogP contribution in [0.4, 0.5) is 16.2 Å². The van der Waals surface area contributed by atoms with Crippen LogP contribution in [0, 0.1) is 5.82 Å². The molecule has 1 fully saturated rings. The molecule has 18 heavy (non-hydrogen) atoms. The number of rotatable bonds is 5. The van der Waals surface area contributed by atoms with Crippen LogP contribution in [-0.4, -0.2) is 29.2 Å². The predicted octanol–water partition coefficient (Wildman–Crippen LogP) is 1.96. The average molecular weight is 254 g/mol. The van der Waals surface area contributed by atoms with Crippen LogP contribution in [0.2, 0.25) is 0 Å². The van der Waals surface area contributed by atoms with E-state index in [1.807, 2.05) is 0 Å². The molecule has 0 aromatic carbocycles. The van der Waals surface area contributed by atoms with Gasteiger partial charge in [-0.15, -0.1) is 0 Å². The summed E-state index contributed by atoms with van der Waals surface area (Å²) in [6.45, 7) is 1.07. The van der Waals surface area contributed by atoms with Crippen LogP contribution in [0.15, 0.2) is 6.20 Å². The van der Waals surface area contributed by atoms with E-state index in [-0.39, 0.29) is 11.8 Å². The van der Waals surface area contributed by atoms with E-state index in [0.29, 0.717) is 19.3 Å². The van der Waals surface area contributed by atoms with E-state index in [4.69, 9.17) is 10.5 Å². The predicted molar refractivity (Wildman–Crippen MR) is 67.7 cm³/mol. The summed E-state index contributed by atoms with van der Waals surface area (Å²) in [4.78, 5) is 7.34. The lowest BCUT2D eigenvalue weighted by atomic mass is 9.98. The average Bonchev–Trinajstić information content (AvgIpc) is 2.40. The van der Waals surface area contributed by atoms with Crippen molar-refractivity contribution < 1.29 is 9.13 Å². The first kappa shape index (κ1) is 13.0. The highest BCUT2D eigenvalue weighted by atomic mass is 19.1. The monoisotopic (exact) mass is 254 g/mol. The molecule has 0 unspecified atom stereocenters. The van der Waals surface area contributed by atoms with Crippen LogP contribution in [0.3, 0.4) is 0 Å². The Morgan fingerprint density at radius 2 is 2.17 bits per heavy atom. The number of nitrogens with one attached hydrogen (secondary N) is 1. The molecule has 1 aliphatic rings. The van der Waals surface area contributed by atoms with Gasteiger partial charge in [-0.25, -0.2) is 9.37 Å². The van der Waals surface area contributed by atoms with Crippen LogP contribution in [0.1, 0.15) is 32.1 Å². The number of hydrogen-bond donors (Lipinski definition) is 2. The van der Waals surface area contributed by atoms with Crippen LogP contribution in [-0.2, 0) is 4.74 Å². The van der Waals surface area contributed by atoms with E-state index in [9.17, 15) is 4.39 Å². The first-order valence-electron chi connectivity index (χ1n) is 6.39. The summed E-state index contributed by atoms with van der Waals surface area (Å²) in [5.41, 5.74) is 5.39. The molecule has 1 heterocycles. The summed E-state index contributed by atoms with van der Waals surface area (Å²) in [6.07, 6.45) is 7.49. The zero-order valence-corrected chi connectivity index (χ0v) is 10.4. The van der Waals surface area contributed by atoms with E-state index >= 15 is 0 Å². The smallest absolute Gasteiger partial charge is 0.222 e. The Morgan fingerprint density at radius 1 is 1.39 bits per heavy atom. The summed E-state index contributed by atoms with van der Waals surface area (Å²) in [5.74, 6) is -0.302. The van der Waals surface area contributed by atoms with E-state index in [2.05, 4.69) is 15.3 Å². The quantitative estimate of drug-likeness (QED) is 0.786. The maximum atomic E-state index is 13.3. The largest absolute Gasteiger partial charge is 0.376 e. The third-order valence-corrected chi connectivity index (χ3v) is 3.06. The maximum absolute atomic E-state index is 13.3. The van der Waals surface area contributed by atoms with Gasteiger partial charge in [0.2, 0.25) is 5.95 Å². The molecule has 0 saturated heterocycles. The number of nitrogens with zero attached hydrogens (tertiary/aromatic N) is 2. The van der Waals surface area contributed by atoms with Crippen LogP contribution in [0.25, 0.3) is 0 Å². The van der Waals surface area contributed by atoms with Crippen molar-refractivity contribution in [2.45, 2.75) is 38.2 Å². The lowest BCUT2D eigenvalue weighted by Crippen LogP contribution is -2.21. The second-order valence-electron chi connectivity index (χ2n) is 4.48. The van der Waals surface area contributed by atoms with E-state index < -0.39 is 5.82 Å². The van der Waals surface area contributed by atoms with E-state index in [1.165, 1.54) is 19.3 Å². The second-order valence-corrected chi connectivity index (χ2v) is 4.48. The molecule has 100 valence electrons. The van der Waals surface area contributed by atoms with Gasteiger partial charge >= 0.3 is 0 Å². The van der Waals surface area contributed by atoms with Crippen molar-refractivity contribution in [2.75, 3.05) is 24.2 Å². The van der Waals surface area contributed by atoms with Crippen molar-refractivity contribution >= 4 is 11.8 Å². The maximum Gasteiger partial charge on any atom is 0.222 e. The zero-order valence-electron chi connectivity index (χ0n) is 10.4. The minimum atomic E-state index is -0.498. The van der Waals surface area contributed by atoms with Crippen LogP contribution >= 0.6 is 0 Å². The summed E-state index contributed by atoms with van der Waals surface area (Å²) in [5, 5.41) is 2.86. The number of nitrogens with two attached hydrogens (primary N) is 1. The highest BCUT2D eigenvalue weighted by Gasteiger charge is 2.13. The topological polar surface area (TPSA) is 73.1 Å². The summed E-state index contributed by atoms with van der Waals surface area (Å²) < 4.78 is 19.0. The minimum Gasteiger partial charge on any atom is -0.376 e. The van der Waals surface area contributed by atoms with Gasteiger partial charge in [0.1, 0.15) is 0 Å². The van der Waals surface area contributed by atoms with Gasteiger partial charge in [0.25, 0.3) is 0 Å². The molecule has 0 bridgehead atoms. The number of anilines is 2. The highest BCUT2D eigenvalue weighted by molar-refractivity contribution is 5.38. The number of halogens is 1. The van der Waals surface area contributed by atoms with Gasteiger partial charge < -0.3 is 15.8 Å². The Hall–Kier alpha value is -1.43. The molecular formula is C12H19FN4O. The van der Waals surface area contributed by atoms with Crippen molar-refractivity contribution in [2.24, 2.45) is 0 Å². The lowest BCUT2D eigenvalue weighted by Gasteiger charge is -2.22. The molecule has 1 saturated carbocycles. The van der Waals surface area contributed by atoms with Gasteiger partial charge in [-0.2, -0.15) is 4.98 Å². The normalized spacial score (nSPS) is 16.7. The molecule has 0 spiro atoms. The molecule has 3 N–H and O–H groups in total. The molecule has 0 amide bonds. The molecule has 1 aliphatic carbocycles. The Morgan fingerprint density at radius 3 is 2.94 bits per heavy atom. The first-order chi connectivity index (χ1) is 8.75. The molecule has 1 aromatic heterocycles. The third-order valence-electron chi connectivity index (χ3n) is 3.06. The van der Waals surface area contributed by atoms with Crippen molar-refractivity contribution in [3.05, 3.63) is 12.0 Å². The second kappa shape index (κ2) is 6.49. The molecule has 2 rings (SSSR count). The van der Waals surface area contributed by atoms with Crippen molar-refractivity contribution in [1.29, 1.82) is 0 Å². The Bertz CT molecular complexity index is 382. The van der Waals surface area contributed by atoms with Gasteiger partial charge in [-0.3, -0.25) is 0 Å². The molecule has 0 radical (unpaired) electrons. The first-order valence-corrected chi connectivity index (χ1v) is 6.39. The molecule has 0 atom stereocenters. The fourth-order valence-corrected chi connectivity index (χ4v) is 2.13. The van der Waals surface area contributed by atoms with Gasteiger partial charge in [-0.1, -0.05) is 19.3 Å². The molecular weight excluding hydrogens is 235 g/mol. The van der Waals surface area contributed by atoms with Crippen LogP contribution < -0.4 is 11.1 Å². The van der Waals surface area contributed by atoms with Crippen LogP contribution in [0.5, 0.6) is 0 Å². The Balaban J connectivity index is 1.69. The van der Waals surface area contributed by atoms with Crippen molar-refractivity contribution in [3.63, 3.8) is 0 Å². The standard InChI is InChI=1S/C12H19FN4O/c13-10-8-16-12(14)17-11(10)15-6-7-18-9-4-2-1-3-5-9/h8-9H,1-7H2,(H3,14,15,16,17). The Labute approximate surface area is 106 Å². The third kappa shape index (κ3) is 3.80. The fraction of sp³-hybridized carbons (Fsp3) is 0.667. The van der Waals surface area contributed by atoms with Gasteiger partial charge in [-0.05, 0) is 12.8 Å². The van der Waals surface area contributed by atoms with Gasteiger partial charge in [0.05, 0.1) is 18.9 Å². The molecule has 0 aliphatic heterocycles. The number of aromatic nitrogens is 2. The summed E-state index contributed by atoms with van der Waals surface area (Å²) in [6, 6.07) is 0. The number of hydrogen-bond acceptors (Lipinski definition) is 5. The molecule has 6 heteroatoms. The fourth-order valence-electron chi connectivity index (χ4n) is 2.13. The van der Waals surface area contributed by atoms with E-state index in [1.54, 1.807) is 0 Å². The lowest BCUT2D eigenvalue weighted by molar-refractivity contribution is 0.0347. The van der Waals surface area contributed by atoms with Crippen molar-refractivity contribution in [1.82, 2.24) is 9.97 Å². The molecule has 1 aromatic rings. The SMILES string of the molecule is Nc1ncc(F)c(NCCOC2CCCCC2)n1. The zero-order chi connectivity index (χ0) is 12.8. The van der Waals surface area contributed by atoms with Gasteiger partial charge in [0, 0.05) is 6.54 Å². The van der Waals surface area contributed by atoms with E-state index in [0.717, 1.165) is 19.0 Å². The summed E-state index contributed by atoms with van der Waals surface area (Å²) in [7, 11) is 0. The highest BCUT2D eigenvalue weighted by Crippen LogP contribution is 2.20. The number of nitrogen functional groups attached to an aromatic ring is 1. The Kier molecular flexibility index (Phi) is 4.69. The van der Waals surface area contributed by atoms with Gasteiger partial charge in [0.15, 0.2) is 11.6 Å². The molecule has 5 nitrogen and oxygen atoms in total. The minimum absolute atomic E-state index is 0.0621. The summed E-state index contributed by atoms with van der Waals surface area (Å²) >= 11 is 0. The van der Waals surface area contributed by atoms with Crippen molar-refractivity contribution in [3.8, 4) is 0 Å².